The third-order valence-electron chi connectivity index (χ3n) is 2.86. The molecule has 1 aromatic heterocycles. The number of piperidine rings is 1. The Bertz CT molecular complexity index is 535. The van der Waals surface area contributed by atoms with Gasteiger partial charge in [-0.25, -0.2) is 0 Å². The Kier molecular flexibility index (Phi) is 3.97. The fourth-order valence-corrected chi connectivity index (χ4v) is 1.84. The Balaban J connectivity index is 2.13. The number of hydrogen-bond donors (Lipinski definition) is 2. The Labute approximate surface area is 115 Å². The SMILES string of the molecule is CCOc1nc(N)nc(NC2CCC(=O)N(C)C2=O)n1. The van der Waals surface area contributed by atoms with E-state index in [4.69, 9.17) is 10.5 Å². The zero-order valence-corrected chi connectivity index (χ0v) is 11.3. The Morgan fingerprint density at radius 3 is 2.85 bits per heavy atom. The molecular formula is C11H16N6O3. The van der Waals surface area contributed by atoms with Crippen molar-refractivity contribution < 1.29 is 14.3 Å². The summed E-state index contributed by atoms with van der Waals surface area (Å²) in [5.41, 5.74) is 5.55. The largest absolute Gasteiger partial charge is 0.464 e. The van der Waals surface area contributed by atoms with Crippen LogP contribution >= 0.6 is 0 Å². The highest BCUT2D eigenvalue weighted by Crippen LogP contribution is 2.16. The van der Waals surface area contributed by atoms with Crippen LogP contribution < -0.4 is 15.8 Å². The third-order valence-corrected chi connectivity index (χ3v) is 2.86. The van der Waals surface area contributed by atoms with E-state index in [1.807, 2.05) is 0 Å². The summed E-state index contributed by atoms with van der Waals surface area (Å²) in [6.07, 6.45) is 0.677. The highest BCUT2D eigenvalue weighted by Gasteiger charge is 2.32. The molecule has 0 bridgehead atoms. The lowest BCUT2D eigenvalue weighted by Gasteiger charge is -2.28. The maximum Gasteiger partial charge on any atom is 0.323 e. The molecule has 1 atom stereocenters. The number of ether oxygens (including phenoxy) is 1. The summed E-state index contributed by atoms with van der Waals surface area (Å²) in [6, 6.07) is -0.468. The van der Waals surface area contributed by atoms with E-state index in [1.54, 1.807) is 6.92 Å². The van der Waals surface area contributed by atoms with Gasteiger partial charge in [0.1, 0.15) is 6.04 Å². The zero-order chi connectivity index (χ0) is 14.7. The van der Waals surface area contributed by atoms with Crippen molar-refractivity contribution >= 4 is 23.7 Å². The quantitative estimate of drug-likeness (QED) is 0.701. The van der Waals surface area contributed by atoms with Crippen LogP contribution in [-0.4, -0.2) is 51.4 Å². The van der Waals surface area contributed by atoms with E-state index in [0.29, 0.717) is 19.4 Å². The second kappa shape index (κ2) is 5.68. The molecule has 1 fully saturated rings. The zero-order valence-electron chi connectivity index (χ0n) is 11.3. The highest BCUT2D eigenvalue weighted by atomic mass is 16.5. The van der Waals surface area contributed by atoms with Crippen LogP contribution in [0.15, 0.2) is 0 Å². The van der Waals surface area contributed by atoms with E-state index < -0.39 is 6.04 Å². The summed E-state index contributed by atoms with van der Waals surface area (Å²) in [5, 5.41) is 2.86. The van der Waals surface area contributed by atoms with Crippen LogP contribution in [0.1, 0.15) is 19.8 Å². The van der Waals surface area contributed by atoms with Gasteiger partial charge in [-0.2, -0.15) is 15.0 Å². The van der Waals surface area contributed by atoms with Crippen LogP contribution in [-0.2, 0) is 9.59 Å². The highest BCUT2D eigenvalue weighted by molar-refractivity contribution is 6.01. The van der Waals surface area contributed by atoms with E-state index in [2.05, 4.69) is 20.3 Å². The molecule has 9 heteroatoms. The van der Waals surface area contributed by atoms with Crippen LogP contribution in [0.3, 0.4) is 0 Å². The van der Waals surface area contributed by atoms with Crippen molar-refractivity contribution in [2.45, 2.75) is 25.8 Å². The molecule has 0 aromatic carbocycles. The van der Waals surface area contributed by atoms with Gasteiger partial charge in [0.2, 0.25) is 17.8 Å². The van der Waals surface area contributed by atoms with E-state index in [9.17, 15) is 9.59 Å². The first-order chi connectivity index (χ1) is 9.51. The average molecular weight is 280 g/mol. The summed E-state index contributed by atoms with van der Waals surface area (Å²) in [5.74, 6) is -0.364. The first kappa shape index (κ1) is 14.0. The number of nitrogen functional groups attached to an aromatic ring is 1. The Morgan fingerprint density at radius 2 is 2.15 bits per heavy atom. The average Bonchev–Trinajstić information content (AvgIpc) is 2.39. The van der Waals surface area contributed by atoms with Crippen LogP contribution in [0.5, 0.6) is 6.01 Å². The number of carbonyl (C=O) groups excluding carboxylic acids is 2. The number of nitrogens with zero attached hydrogens (tertiary/aromatic N) is 4. The molecule has 1 aromatic rings. The fourth-order valence-electron chi connectivity index (χ4n) is 1.84. The molecule has 1 aliphatic heterocycles. The topological polar surface area (TPSA) is 123 Å². The second-order valence-electron chi connectivity index (χ2n) is 4.26. The van der Waals surface area contributed by atoms with Crippen molar-refractivity contribution in [3.05, 3.63) is 0 Å². The van der Waals surface area contributed by atoms with Gasteiger partial charge in [0, 0.05) is 13.5 Å². The summed E-state index contributed by atoms with van der Waals surface area (Å²) < 4.78 is 5.15. The molecule has 1 saturated heterocycles. The number of aromatic nitrogens is 3. The molecule has 2 rings (SSSR count). The molecule has 2 amide bonds. The first-order valence-corrected chi connectivity index (χ1v) is 6.22. The minimum atomic E-state index is -0.561. The standard InChI is InChI=1S/C11H16N6O3/c1-3-20-11-15-9(12)14-10(16-11)13-6-4-5-7(18)17(2)8(6)19/h6H,3-5H2,1-2H3,(H3,12,13,14,15,16). The van der Waals surface area contributed by atoms with Crippen molar-refractivity contribution in [1.82, 2.24) is 19.9 Å². The molecule has 9 nitrogen and oxygen atoms in total. The van der Waals surface area contributed by atoms with Gasteiger partial charge in [0.25, 0.3) is 5.91 Å². The smallest absolute Gasteiger partial charge is 0.323 e. The first-order valence-electron chi connectivity index (χ1n) is 6.22. The number of imide groups is 1. The lowest BCUT2D eigenvalue weighted by molar-refractivity contribution is -0.146. The molecule has 2 heterocycles. The van der Waals surface area contributed by atoms with Crippen molar-refractivity contribution in [3.63, 3.8) is 0 Å². The summed E-state index contributed by atoms with van der Waals surface area (Å²) in [4.78, 5) is 36.1. The summed E-state index contributed by atoms with van der Waals surface area (Å²) in [6.45, 7) is 2.18. The van der Waals surface area contributed by atoms with Gasteiger partial charge in [-0.05, 0) is 13.3 Å². The van der Waals surface area contributed by atoms with Crippen molar-refractivity contribution in [3.8, 4) is 6.01 Å². The van der Waals surface area contributed by atoms with Crippen molar-refractivity contribution in [1.29, 1.82) is 0 Å². The number of amides is 2. The molecule has 0 saturated carbocycles. The number of likely N-dealkylation sites (N-methyl/N-ethyl adjacent to an activating group) is 1. The molecule has 108 valence electrons. The molecule has 1 aliphatic rings. The molecular weight excluding hydrogens is 264 g/mol. The number of nitrogens with two attached hydrogens (primary N) is 1. The van der Waals surface area contributed by atoms with Gasteiger partial charge >= 0.3 is 6.01 Å². The van der Waals surface area contributed by atoms with Gasteiger partial charge in [-0.3, -0.25) is 14.5 Å². The molecule has 0 spiro atoms. The van der Waals surface area contributed by atoms with Crippen LogP contribution in [0.25, 0.3) is 0 Å². The number of likely N-dealkylation sites (tertiary alicyclic amines) is 1. The van der Waals surface area contributed by atoms with Crippen LogP contribution in [0.4, 0.5) is 11.9 Å². The minimum Gasteiger partial charge on any atom is -0.464 e. The summed E-state index contributed by atoms with van der Waals surface area (Å²) in [7, 11) is 1.45. The van der Waals surface area contributed by atoms with E-state index in [1.165, 1.54) is 7.05 Å². The molecule has 0 radical (unpaired) electrons. The minimum absolute atomic E-state index is 0.00126. The predicted octanol–water partition coefficient (Wildman–Crippen LogP) is -0.588. The lowest BCUT2D eigenvalue weighted by Crippen LogP contribution is -2.48. The second-order valence-corrected chi connectivity index (χ2v) is 4.26. The van der Waals surface area contributed by atoms with Gasteiger partial charge < -0.3 is 15.8 Å². The monoisotopic (exact) mass is 280 g/mol. The molecule has 0 aliphatic carbocycles. The predicted molar refractivity (Wildman–Crippen MR) is 69.8 cm³/mol. The molecule has 20 heavy (non-hydrogen) atoms. The summed E-state index contributed by atoms with van der Waals surface area (Å²) >= 11 is 0. The Morgan fingerprint density at radius 1 is 1.40 bits per heavy atom. The van der Waals surface area contributed by atoms with Gasteiger partial charge in [-0.15, -0.1) is 0 Å². The number of nitrogens with one attached hydrogen (secondary N) is 1. The van der Waals surface area contributed by atoms with E-state index in [-0.39, 0.29) is 29.7 Å². The van der Waals surface area contributed by atoms with Crippen LogP contribution in [0.2, 0.25) is 0 Å². The number of hydrogen-bond acceptors (Lipinski definition) is 8. The number of carbonyl (C=O) groups is 2. The Hall–Kier alpha value is -2.45. The number of rotatable bonds is 4. The third kappa shape index (κ3) is 2.92. The fraction of sp³-hybridized carbons (Fsp3) is 0.545. The van der Waals surface area contributed by atoms with E-state index in [0.717, 1.165) is 4.90 Å². The maximum absolute atomic E-state index is 11.9. The molecule has 3 N–H and O–H groups in total. The lowest BCUT2D eigenvalue weighted by atomic mass is 10.1. The van der Waals surface area contributed by atoms with Gasteiger partial charge in [0.15, 0.2) is 0 Å². The normalized spacial score (nSPS) is 19.1. The van der Waals surface area contributed by atoms with Crippen molar-refractivity contribution in [2.24, 2.45) is 0 Å². The van der Waals surface area contributed by atoms with Gasteiger partial charge in [-0.1, -0.05) is 0 Å². The number of anilines is 2. The van der Waals surface area contributed by atoms with E-state index >= 15 is 0 Å². The molecule has 1 unspecified atom stereocenters. The maximum atomic E-state index is 11.9. The van der Waals surface area contributed by atoms with Crippen LogP contribution in [0, 0.1) is 0 Å². The van der Waals surface area contributed by atoms with Crippen molar-refractivity contribution in [2.75, 3.05) is 24.7 Å². The van der Waals surface area contributed by atoms with Gasteiger partial charge in [0.05, 0.1) is 6.61 Å².